The highest BCUT2D eigenvalue weighted by molar-refractivity contribution is 6.30. The molecule has 0 atom stereocenters. The zero-order valence-electron chi connectivity index (χ0n) is 8.76. The van der Waals surface area contributed by atoms with Crippen LogP contribution in [0.2, 0.25) is 5.02 Å². The first-order chi connectivity index (χ1) is 7.00. The summed E-state index contributed by atoms with van der Waals surface area (Å²) in [5.41, 5.74) is 0.925. The van der Waals surface area contributed by atoms with Gasteiger partial charge in [-0.25, -0.2) is 4.39 Å². The lowest BCUT2D eigenvalue weighted by Crippen LogP contribution is -2.26. The van der Waals surface area contributed by atoms with Gasteiger partial charge in [-0.1, -0.05) is 17.7 Å². The summed E-state index contributed by atoms with van der Waals surface area (Å²) in [4.78, 5) is 12.5. The minimum atomic E-state index is -0.416. The third-order valence-corrected chi connectivity index (χ3v) is 2.55. The first-order valence-electron chi connectivity index (χ1n) is 4.66. The summed E-state index contributed by atoms with van der Waals surface area (Å²) in [7, 11) is 1.73. The van der Waals surface area contributed by atoms with Crippen LogP contribution in [0.5, 0.6) is 0 Å². The van der Waals surface area contributed by atoms with Gasteiger partial charge in [-0.15, -0.1) is 0 Å². The van der Waals surface area contributed by atoms with E-state index in [1.165, 1.54) is 13.0 Å². The first-order valence-corrected chi connectivity index (χ1v) is 5.04. The molecule has 15 heavy (non-hydrogen) atoms. The van der Waals surface area contributed by atoms with E-state index in [0.29, 0.717) is 13.0 Å². The number of hydrogen-bond donors (Lipinski definition) is 0. The minimum absolute atomic E-state index is 0.0169. The van der Waals surface area contributed by atoms with Gasteiger partial charge >= 0.3 is 0 Å². The Morgan fingerprint density at radius 3 is 2.73 bits per heavy atom. The predicted octanol–water partition coefficient (Wildman–Crippen LogP) is 2.50. The Balaban J connectivity index is 2.58. The summed E-state index contributed by atoms with van der Waals surface area (Å²) in [6.45, 7) is 2.12. The molecular formula is C11H13ClFNO. The maximum atomic E-state index is 12.8. The maximum absolute atomic E-state index is 12.8. The minimum Gasteiger partial charge on any atom is -0.346 e. The highest BCUT2D eigenvalue weighted by Gasteiger charge is 2.04. The molecule has 0 aliphatic heterocycles. The number of benzene rings is 1. The predicted molar refractivity (Wildman–Crippen MR) is 58.4 cm³/mol. The van der Waals surface area contributed by atoms with Crippen molar-refractivity contribution in [3.63, 3.8) is 0 Å². The number of nitrogens with zero attached hydrogens (tertiary/aromatic N) is 1. The van der Waals surface area contributed by atoms with Crippen LogP contribution < -0.4 is 0 Å². The van der Waals surface area contributed by atoms with Crippen molar-refractivity contribution in [2.75, 3.05) is 13.6 Å². The van der Waals surface area contributed by atoms with E-state index in [4.69, 9.17) is 11.6 Å². The van der Waals surface area contributed by atoms with Crippen molar-refractivity contribution in [2.45, 2.75) is 13.3 Å². The number of halogens is 2. The van der Waals surface area contributed by atoms with Crippen molar-refractivity contribution >= 4 is 17.5 Å². The van der Waals surface area contributed by atoms with Gasteiger partial charge in [-0.05, 0) is 24.1 Å². The summed E-state index contributed by atoms with van der Waals surface area (Å²) in [6, 6.07) is 4.60. The van der Waals surface area contributed by atoms with Crippen molar-refractivity contribution in [2.24, 2.45) is 0 Å². The average molecular weight is 230 g/mol. The zero-order chi connectivity index (χ0) is 11.4. The second-order valence-electron chi connectivity index (χ2n) is 3.44. The van der Waals surface area contributed by atoms with Gasteiger partial charge < -0.3 is 4.90 Å². The van der Waals surface area contributed by atoms with E-state index in [2.05, 4.69) is 0 Å². The molecule has 0 fully saturated rings. The number of carbonyl (C=O) groups is 1. The Morgan fingerprint density at radius 1 is 1.53 bits per heavy atom. The number of carbonyl (C=O) groups excluding carboxylic acids is 1. The van der Waals surface area contributed by atoms with Crippen molar-refractivity contribution in [1.29, 1.82) is 0 Å². The SMILES string of the molecule is CC(=O)N(C)CCc1ccc(F)c(Cl)c1. The Morgan fingerprint density at radius 2 is 2.20 bits per heavy atom. The number of rotatable bonds is 3. The molecule has 0 unspecified atom stereocenters. The van der Waals surface area contributed by atoms with Crippen LogP contribution in [-0.4, -0.2) is 24.4 Å². The molecule has 0 aromatic heterocycles. The van der Waals surface area contributed by atoms with Crippen molar-refractivity contribution in [3.05, 3.63) is 34.6 Å². The highest BCUT2D eigenvalue weighted by Crippen LogP contribution is 2.16. The fourth-order valence-electron chi connectivity index (χ4n) is 1.15. The molecule has 0 bridgehead atoms. The van der Waals surface area contributed by atoms with Crippen molar-refractivity contribution in [3.8, 4) is 0 Å². The second-order valence-corrected chi connectivity index (χ2v) is 3.85. The van der Waals surface area contributed by atoms with Gasteiger partial charge in [0, 0.05) is 20.5 Å². The van der Waals surface area contributed by atoms with Crippen LogP contribution in [0.4, 0.5) is 4.39 Å². The quantitative estimate of drug-likeness (QED) is 0.780. The zero-order valence-corrected chi connectivity index (χ0v) is 9.51. The summed E-state index contributed by atoms with van der Waals surface area (Å²) in [6.07, 6.45) is 0.677. The van der Waals surface area contributed by atoms with Crippen molar-refractivity contribution in [1.82, 2.24) is 4.90 Å². The largest absolute Gasteiger partial charge is 0.346 e. The molecule has 1 aromatic rings. The van der Waals surface area contributed by atoms with Gasteiger partial charge in [0.15, 0.2) is 0 Å². The second kappa shape index (κ2) is 5.12. The topological polar surface area (TPSA) is 20.3 Å². The average Bonchev–Trinajstić information content (AvgIpc) is 2.19. The van der Waals surface area contributed by atoms with E-state index < -0.39 is 5.82 Å². The molecule has 1 aromatic carbocycles. The van der Waals surface area contributed by atoms with Crippen molar-refractivity contribution < 1.29 is 9.18 Å². The van der Waals surface area contributed by atoms with E-state index in [9.17, 15) is 9.18 Å². The number of hydrogen-bond acceptors (Lipinski definition) is 1. The standard InChI is InChI=1S/C11H13ClFNO/c1-8(15)14(2)6-5-9-3-4-11(13)10(12)7-9/h3-4,7H,5-6H2,1-2H3. The molecule has 0 radical (unpaired) electrons. The molecule has 4 heteroatoms. The molecule has 0 aliphatic carbocycles. The summed E-state index contributed by atoms with van der Waals surface area (Å²) >= 11 is 5.64. The lowest BCUT2D eigenvalue weighted by Gasteiger charge is -2.14. The first kappa shape index (κ1) is 12.0. The van der Waals surface area contributed by atoms with E-state index in [1.54, 1.807) is 24.1 Å². The van der Waals surface area contributed by atoms with E-state index in [-0.39, 0.29) is 10.9 Å². The molecule has 0 saturated carbocycles. The van der Waals surface area contributed by atoms with Crippen LogP contribution >= 0.6 is 11.6 Å². The molecule has 2 nitrogen and oxygen atoms in total. The molecule has 0 heterocycles. The van der Waals surface area contributed by atoms with E-state index >= 15 is 0 Å². The third kappa shape index (κ3) is 3.51. The van der Waals surface area contributed by atoms with Crippen LogP contribution in [0.15, 0.2) is 18.2 Å². The molecule has 1 amide bonds. The van der Waals surface area contributed by atoms with E-state index in [1.807, 2.05) is 0 Å². The number of amides is 1. The Labute approximate surface area is 93.6 Å². The molecule has 1 rings (SSSR count). The molecule has 0 aliphatic rings. The lowest BCUT2D eigenvalue weighted by molar-refractivity contribution is -0.127. The maximum Gasteiger partial charge on any atom is 0.219 e. The van der Waals surface area contributed by atoms with Gasteiger partial charge in [-0.3, -0.25) is 4.79 Å². The van der Waals surface area contributed by atoms with Gasteiger partial charge in [0.25, 0.3) is 0 Å². The van der Waals surface area contributed by atoms with Gasteiger partial charge in [-0.2, -0.15) is 0 Å². The number of likely N-dealkylation sites (N-methyl/N-ethyl adjacent to an activating group) is 1. The van der Waals surface area contributed by atoms with E-state index in [0.717, 1.165) is 5.56 Å². The van der Waals surface area contributed by atoms with Gasteiger partial charge in [0.1, 0.15) is 5.82 Å². The van der Waals surface area contributed by atoms with Gasteiger partial charge in [0.05, 0.1) is 5.02 Å². The third-order valence-electron chi connectivity index (χ3n) is 2.26. The van der Waals surface area contributed by atoms with Gasteiger partial charge in [0.2, 0.25) is 5.91 Å². The normalized spacial score (nSPS) is 10.1. The molecule has 0 spiro atoms. The molecular weight excluding hydrogens is 217 g/mol. The molecule has 82 valence electrons. The Bertz CT molecular complexity index is 368. The van der Waals surface area contributed by atoms with Crippen LogP contribution in [-0.2, 0) is 11.2 Å². The lowest BCUT2D eigenvalue weighted by atomic mass is 10.1. The Hall–Kier alpha value is -1.09. The highest BCUT2D eigenvalue weighted by atomic mass is 35.5. The van der Waals surface area contributed by atoms with Crippen LogP contribution in [0.3, 0.4) is 0 Å². The summed E-state index contributed by atoms with van der Waals surface area (Å²) < 4.78 is 12.8. The smallest absolute Gasteiger partial charge is 0.219 e. The molecule has 0 N–H and O–H groups in total. The fraction of sp³-hybridized carbons (Fsp3) is 0.364. The monoisotopic (exact) mass is 229 g/mol. The van der Waals surface area contributed by atoms with Crippen LogP contribution in [0.25, 0.3) is 0 Å². The van der Waals surface area contributed by atoms with Crippen LogP contribution in [0, 0.1) is 5.82 Å². The fourth-order valence-corrected chi connectivity index (χ4v) is 1.35. The Kier molecular flexibility index (Phi) is 4.09. The summed E-state index contributed by atoms with van der Waals surface area (Å²) in [5.74, 6) is -0.399. The van der Waals surface area contributed by atoms with Crippen LogP contribution in [0.1, 0.15) is 12.5 Å². The summed E-state index contributed by atoms with van der Waals surface area (Å²) in [5, 5.41) is 0.123. The molecule has 0 saturated heterocycles.